The van der Waals surface area contributed by atoms with E-state index in [2.05, 4.69) is 41.0 Å². The molecule has 0 amide bonds. The number of rotatable bonds is 4. The molecule has 2 saturated heterocycles. The molecule has 2 atom stereocenters. The van der Waals surface area contributed by atoms with Crippen LogP contribution < -0.4 is 9.80 Å². The second-order valence-corrected chi connectivity index (χ2v) is 6.95. The summed E-state index contributed by atoms with van der Waals surface area (Å²) in [7, 11) is 0. The Morgan fingerprint density at radius 3 is 2.32 bits per heavy atom. The van der Waals surface area contributed by atoms with Gasteiger partial charge in [0.2, 0.25) is 0 Å². The highest BCUT2D eigenvalue weighted by Crippen LogP contribution is 2.37. The van der Waals surface area contributed by atoms with Gasteiger partial charge in [0.15, 0.2) is 0 Å². The first-order valence-corrected chi connectivity index (χ1v) is 9.03. The lowest BCUT2D eigenvalue weighted by Gasteiger charge is -2.37. The molecule has 4 heteroatoms. The van der Waals surface area contributed by atoms with E-state index in [9.17, 15) is 4.79 Å². The average Bonchev–Trinajstić information content (AvgIpc) is 3.23. The molecule has 130 valence electrons. The van der Waals surface area contributed by atoms with Crippen molar-refractivity contribution in [2.75, 3.05) is 29.5 Å². The van der Waals surface area contributed by atoms with Gasteiger partial charge in [0, 0.05) is 36.5 Å². The fourth-order valence-corrected chi connectivity index (χ4v) is 4.11. The van der Waals surface area contributed by atoms with Gasteiger partial charge in [0.1, 0.15) is 0 Å². The Bertz CT molecular complexity index is 772. The molecule has 0 unspecified atom stereocenters. The van der Waals surface area contributed by atoms with E-state index in [0.29, 0.717) is 24.3 Å². The van der Waals surface area contributed by atoms with Gasteiger partial charge >= 0.3 is 5.97 Å². The van der Waals surface area contributed by atoms with Gasteiger partial charge in [-0.3, -0.25) is 0 Å². The van der Waals surface area contributed by atoms with E-state index in [-0.39, 0.29) is 5.97 Å². The molecule has 0 aromatic heterocycles. The van der Waals surface area contributed by atoms with E-state index in [0.717, 1.165) is 13.1 Å². The lowest BCUT2D eigenvalue weighted by Crippen LogP contribution is -2.46. The number of fused-ring (bicyclic) bond motifs is 2. The Hall–Kier alpha value is -2.49. The topological polar surface area (TPSA) is 32.8 Å². The maximum Gasteiger partial charge on any atom is 0.338 e. The van der Waals surface area contributed by atoms with E-state index in [1.807, 2.05) is 31.2 Å². The van der Waals surface area contributed by atoms with Crippen molar-refractivity contribution >= 4 is 17.3 Å². The van der Waals surface area contributed by atoms with Crippen molar-refractivity contribution in [3.63, 3.8) is 0 Å². The maximum atomic E-state index is 11.8. The van der Waals surface area contributed by atoms with E-state index >= 15 is 0 Å². The van der Waals surface area contributed by atoms with E-state index in [4.69, 9.17) is 4.74 Å². The predicted molar refractivity (Wildman–Crippen MR) is 100 cm³/mol. The third kappa shape index (κ3) is 2.97. The van der Waals surface area contributed by atoms with Crippen molar-refractivity contribution in [1.29, 1.82) is 0 Å². The summed E-state index contributed by atoms with van der Waals surface area (Å²) < 4.78 is 5.06. The summed E-state index contributed by atoms with van der Waals surface area (Å²) in [6.07, 6.45) is 1.20. The minimum absolute atomic E-state index is 0.248. The summed E-state index contributed by atoms with van der Waals surface area (Å²) in [5, 5.41) is 0. The number of piperazine rings is 1. The number of nitrogens with zero attached hydrogens (tertiary/aromatic N) is 2. The standard InChI is InChI=1S/C21H24N2O2/c1-3-25-21(24)16-7-9-17(10-8-16)22-13-20-12-19(22)14-23(20)18-6-4-5-15(2)11-18/h4-11,19-20H,3,12-14H2,1-2H3/t19-,20-/m1/s1. The normalized spacial score (nSPS) is 21.7. The van der Waals surface area contributed by atoms with Crippen LogP contribution in [-0.4, -0.2) is 37.7 Å². The number of hydrogen-bond acceptors (Lipinski definition) is 4. The van der Waals surface area contributed by atoms with E-state index < -0.39 is 0 Å². The summed E-state index contributed by atoms with van der Waals surface area (Å²) in [6, 6.07) is 17.7. The molecule has 2 aliphatic heterocycles. The third-order valence-corrected chi connectivity index (χ3v) is 5.28. The SMILES string of the molecule is CCOC(=O)c1ccc(N2C[C@H]3C[C@@H]2CN3c2cccc(C)c2)cc1. The molecule has 0 saturated carbocycles. The highest BCUT2D eigenvalue weighted by atomic mass is 16.5. The molecule has 2 aromatic carbocycles. The van der Waals surface area contributed by atoms with Crippen LogP contribution in [0.2, 0.25) is 0 Å². The number of esters is 1. The minimum Gasteiger partial charge on any atom is -0.462 e. The lowest BCUT2D eigenvalue weighted by atomic mass is 10.1. The van der Waals surface area contributed by atoms with Crippen LogP contribution in [0.4, 0.5) is 11.4 Å². The fraction of sp³-hybridized carbons (Fsp3) is 0.381. The Labute approximate surface area is 149 Å². The second-order valence-electron chi connectivity index (χ2n) is 6.95. The summed E-state index contributed by atoms with van der Waals surface area (Å²) in [6.45, 7) is 6.48. The molecule has 2 aliphatic rings. The lowest BCUT2D eigenvalue weighted by molar-refractivity contribution is 0.0526. The quantitative estimate of drug-likeness (QED) is 0.798. The molecule has 0 radical (unpaired) electrons. The Kier molecular flexibility index (Phi) is 4.12. The van der Waals surface area contributed by atoms with Gasteiger partial charge in [0.05, 0.1) is 12.2 Å². The Balaban J connectivity index is 1.46. The first-order chi connectivity index (χ1) is 12.2. The van der Waals surface area contributed by atoms with Gasteiger partial charge in [-0.1, -0.05) is 12.1 Å². The predicted octanol–water partition coefficient (Wildman–Crippen LogP) is 3.64. The number of ether oxygens (including phenoxy) is 1. The molecular weight excluding hydrogens is 312 g/mol. The number of benzene rings is 2. The molecule has 4 rings (SSSR count). The molecule has 4 nitrogen and oxygen atoms in total. The summed E-state index contributed by atoms with van der Waals surface area (Å²) in [4.78, 5) is 16.8. The molecule has 0 spiro atoms. The van der Waals surface area contributed by atoms with Crippen LogP contribution in [0, 0.1) is 6.92 Å². The average molecular weight is 336 g/mol. The van der Waals surface area contributed by atoms with E-state index in [1.54, 1.807) is 0 Å². The molecule has 2 aromatic rings. The molecule has 2 bridgehead atoms. The summed E-state index contributed by atoms with van der Waals surface area (Å²) >= 11 is 0. The molecule has 25 heavy (non-hydrogen) atoms. The number of carbonyl (C=O) groups is 1. The van der Waals surface area contributed by atoms with Gasteiger partial charge in [-0.25, -0.2) is 4.79 Å². The zero-order valence-corrected chi connectivity index (χ0v) is 14.8. The van der Waals surface area contributed by atoms with Crippen LogP contribution in [0.3, 0.4) is 0 Å². The summed E-state index contributed by atoms with van der Waals surface area (Å²) in [5.74, 6) is -0.248. The molecular formula is C21H24N2O2. The van der Waals surface area contributed by atoms with Gasteiger partial charge in [-0.05, 0) is 62.2 Å². The van der Waals surface area contributed by atoms with Crippen LogP contribution in [0.15, 0.2) is 48.5 Å². The largest absolute Gasteiger partial charge is 0.462 e. The van der Waals surface area contributed by atoms with Gasteiger partial charge in [-0.15, -0.1) is 0 Å². The Morgan fingerprint density at radius 1 is 1.04 bits per heavy atom. The van der Waals surface area contributed by atoms with Crippen molar-refractivity contribution in [1.82, 2.24) is 0 Å². The second kappa shape index (κ2) is 6.43. The highest BCUT2D eigenvalue weighted by Gasteiger charge is 2.43. The van der Waals surface area contributed by atoms with Crippen molar-refractivity contribution in [3.8, 4) is 0 Å². The van der Waals surface area contributed by atoms with Crippen molar-refractivity contribution in [2.45, 2.75) is 32.4 Å². The minimum atomic E-state index is -0.248. The smallest absolute Gasteiger partial charge is 0.338 e. The molecule has 0 aliphatic carbocycles. The van der Waals surface area contributed by atoms with Crippen molar-refractivity contribution < 1.29 is 9.53 Å². The van der Waals surface area contributed by atoms with Crippen LogP contribution >= 0.6 is 0 Å². The fourth-order valence-electron chi connectivity index (χ4n) is 4.11. The zero-order chi connectivity index (χ0) is 17.4. The number of carbonyl (C=O) groups excluding carboxylic acids is 1. The highest BCUT2D eigenvalue weighted by molar-refractivity contribution is 5.89. The number of hydrogen-bond donors (Lipinski definition) is 0. The van der Waals surface area contributed by atoms with Crippen LogP contribution in [0.1, 0.15) is 29.3 Å². The van der Waals surface area contributed by atoms with Crippen LogP contribution in [0.25, 0.3) is 0 Å². The number of aryl methyl sites for hydroxylation is 1. The number of anilines is 2. The molecule has 0 N–H and O–H groups in total. The molecule has 2 fully saturated rings. The first kappa shape index (κ1) is 16.0. The van der Waals surface area contributed by atoms with Crippen molar-refractivity contribution in [3.05, 3.63) is 59.7 Å². The third-order valence-electron chi connectivity index (χ3n) is 5.28. The monoisotopic (exact) mass is 336 g/mol. The van der Waals surface area contributed by atoms with Crippen LogP contribution in [-0.2, 0) is 4.74 Å². The zero-order valence-electron chi connectivity index (χ0n) is 14.8. The van der Waals surface area contributed by atoms with E-state index in [1.165, 1.54) is 23.4 Å². The maximum absolute atomic E-state index is 11.8. The summed E-state index contributed by atoms with van der Waals surface area (Å²) in [5.41, 5.74) is 4.47. The van der Waals surface area contributed by atoms with Gasteiger partial charge < -0.3 is 14.5 Å². The van der Waals surface area contributed by atoms with Crippen LogP contribution in [0.5, 0.6) is 0 Å². The van der Waals surface area contributed by atoms with Gasteiger partial charge in [0.25, 0.3) is 0 Å². The molecule has 2 heterocycles. The Morgan fingerprint density at radius 2 is 1.72 bits per heavy atom. The first-order valence-electron chi connectivity index (χ1n) is 9.03. The van der Waals surface area contributed by atoms with Gasteiger partial charge in [-0.2, -0.15) is 0 Å². The van der Waals surface area contributed by atoms with Crippen molar-refractivity contribution in [2.24, 2.45) is 0 Å².